The molecular weight excluding hydrogens is 230 g/mol. The minimum absolute atomic E-state index is 0.128. The summed E-state index contributed by atoms with van der Waals surface area (Å²) in [7, 11) is 2.71. The van der Waals surface area contributed by atoms with Gasteiger partial charge in [-0.05, 0) is 6.92 Å². The van der Waals surface area contributed by atoms with Crippen LogP contribution in [0.1, 0.15) is 13.3 Å². The van der Waals surface area contributed by atoms with Gasteiger partial charge in [0.15, 0.2) is 5.78 Å². The van der Waals surface area contributed by atoms with Crippen LogP contribution < -0.4 is 0 Å². The van der Waals surface area contributed by atoms with Crippen LogP contribution in [-0.2, 0) is 19.2 Å². The van der Waals surface area contributed by atoms with Crippen molar-refractivity contribution in [3.63, 3.8) is 0 Å². The van der Waals surface area contributed by atoms with Gasteiger partial charge in [0.05, 0.1) is 4.86 Å². The van der Waals surface area contributed by atoms with Gasteiger partial charge in [0, 0.05) is 6.08 Å². The highest BCUT2D eigenvalue weighted by Crippen LogP contribution is 2.05. The first-order valence-corrected chi connectivity index (χ1v) is 4.88. The van der Waals surface area contributed by atoms with E-state index in [1.807, 2.05) is 0 Å². The number of rotatable bonds is 4. The van der Waals surface area contributed by atoms with E-state index in [0.29, 0.717) is 0 Å². The zero-order valence-corrected chi connectivity index (χ0v) is 10.3. The molecule has 16 heavy (non-hydrogen) atoms. The molecule has 0 aromatic rings. The van der Waals surface area contributed by atoms with E-state index in [-0.39, 0.29) is 11.3 Å². The van der Waals surface area contributed by atoms with Crippen molar-refractivity contribution in [3.05, 3.63) is 12.7 Å². The van der Waals surface area contributed by atoms with E-state index in [4.69, 9.17) is 4.84 Å². The normalized spacial score (nSPS) is 10.4. The molecule has 0 aliphatic rings. The van der Waals surface area contributed by atoms with Gasteiger partial charge in [0.1, 0.15) is 20.5 Å². The molecule has 0 atom stereocenters. The number of hydroxylamine groups is 3. The molecule has 5 nitrogen and oxygen atoms in total. The van der Waals surface area contributed by atoms with E-state index in [9.17, 15) is 14.4 Å². The highest BCUT2D eigenvalue weighted by Gasteiger charge is 2.33. The van der Waals surface area contributed by atoms with E-state index >= 15 is 0 Å². The molecule has 0 aliphatic carbocycles. The third-order valence-corrected chi connectivity index (χ3v) is 2.02. The summed E-state index contributed by atoms with van der Waals surface area (Å²) in [5, 5.41) is 0. The van der Waals surface area contributed by atoms with Crippen LogP contribution in [-0.4, -0.2) is 41.3 Å². The maximum absolute atomic E-state index is 11.6. The fraction of sp³-hybridized carbons (Fsp3) is 0.400. The maximum Gasteiger partial charge on any atom is 0.390 e. The van der Waals surface area contributed by atoms with E-state index in [2.05, 4.69) is 18.8 Å². The molecule has 0 saturated carbocycles. The van der Waals surface area contributed by atoms with Crippen LogP contribution in [0.15, 0.2) is 12.7 Å². The molecular formula is C10H14NO4S+. The molecule has 0 fully saturated rings. The quantitative estimate of drug-likeness (QED) is 0.238. The molecule has 1 amide bonds. The Balaban J connectivity index is 4.58. The molecule has 0 saturated heterocycles. The molecule has 0 N–H and O–H groups in total. The largest absolute Gasteiger partial charge is 0.390 e. The standard InChI is InChI=1S/C10H14NO4S/c1-5-10(14)15-11(3,4)9(13)6-8(12)7(2)16/h5H,1,6H2,2-4H3/q+1. The Labute approximate surface area is 99.2 Å². The van der Waals surface area contributed by atoms with Gasteiger partial charge in [-0.1, -0.05) is 23.4 Å². The zero-order chi connectivity index (χ0) is 12.9. The smallest absolute Gasteiger partial charge is 0.293 e. The number of amides is 1. The maximum atomic E-state index is 11.6. The van der Waals surface area contributed by atoms with Crippen LogP contribution >= 0.6 is 12.2 Å². The summed E-state index contributed by atoms with van der Waals surface area (Å²) in [6.07, 6.45) is 0.562. The number of carbonyl (C=O) groups excluding carboxylic acids is 3. The summed E-state index contributed by atoms with van der Waals surface area (Å²) in [4.78, 5) is 38.7. The molecule has 0 rings (SSSR count). The van der Waals surface area contributed by atoms with Crippen LogP contribution in [0.4, 0.5) is 0 Å². The molecule has 0 aliphatic heterocycles. The van der Waals surface area contributed by atoms with Crippen LogP contribution in [0.2, 0.25) is 0 Å². The summed E-state index contributed by atoms with van der Waals surface area (Å²) in [5.74, 6) is -1.73. The first-order chi connectivity index (χ1) is 7.20. The van der Waals surface area contributed by atoms with E-state index in [0.717, 1.165) is 6.08 Å². The van der Waals surface area contributed by atoms with Crippen LogP contribution in [0.5, 0.6) is 0 Å². The minimum atomic E-state index is -0.732. The summed E-state index contributed by atoms with van der Waals surface area (Å²) in [6.45, 7) is 4.65. The molecule has 0 aromatic carbocycles. The van der Waals surface area contributed by atoms with Crippen LogP contribution in [0.3, 0.4) is 0 Å². The first-order valence-electron chi connectivity index (χ1n) is 4.48. The number of hydrogen-bond donors (Lipinski definition) is 0. The van der Waals surface area contributed by atoms with Gasteiger partial charge in [-0.15, -0.1) is 0 Å². The summed E-state index contributed by atoms with van der Waals surface area (Å²) in [6, 6.07) is 0. The molecule has 0 heterocycles. The fourth-order valence-electron chi connectivity index (χ4n) is 0.765. The Morgan fingerprint density at radius 3 is 2.25 bits per heavy atom. The van der Waals surface area contributed by atoms with Gasteiger partial charge >= 0.3 is 11.9 Å². The zero-order valence-electron chi connectivity index (χ0n) is 9.48. The first kappa shape index (κ1) is 14.6. The van der Waals surface area contributed by atoms with Crippen molar-refractivity contribution in [2.24, 2.45) is 0 Å². The van der Waals surface area contributed by atoms with Crippen molar-refractivity contribution < 1.29 is 23.9 Å². The lowest BCUT2D eigenvalue weighted by Crippen LogP contribution is -2.47. The second kappa shape index (κ2) is 5.62. The third kappa shape index (κ3) is 4.41. The molecule has 6 heteroatoms. The van der Waals surface area contributed by atoms with Crippen molar-refractivity contribution >= 4 is 34.7 Å². The molecule has 0 spiro atoms. The number of hydrogen-bond acceptors (Lipinski definition) is 5. The lowest BCUT2D eigenvalue weighted by molar-refractivity contribution is -0.994. The third-order valence-electron chi connectivity index (χ3n) is 1.79. The molecule has 0 radical (unpaired) electrons. The molecule has 0 aromatic heterocycles. The highest BCUT2D eigenvalue weighted by atomic mass is 32.1. The minimum Gasteiger partial charge on any atom is -0.293 e. The van der Waals surface area contributed by atoms with E-state index in [1.54, 1.807) is 0 Å². The average molecular weight is 244 g/mol. The topological polar surface area (TPSA) is 60.4 Å². The average Bonchev–Trinajstić information content (AvgIpc) is 2.16. The number of quaternary nitrogens is 1. The Hall–Kier alpha value is -1.40. The monoisotopic (exact) mass is 244 g/mol. The molecule has 0 unspecified atom stereocenters. The second-order valence-electron chi connectivity index (χ2n) is 3.52. The SMILES string of the molecule is C=CC(=O)O[N+](C)(C)C(=O)CC(=O)C(C)=S. The van der Waals surface area contributed by atoms with Crippen molar-refractivity contribution in [2.45, 2.75) is 13.3 Å². The van der Waals surface area contributed by atoms with Gasteiger partial charge in [-0.2, -0.15) is 0 Å². The van der Waals surface area contributed by atoms with Crippen LogP contribution in [0, 0.1) is 0 Å². The Bertz CT molecular complexity index is 360. The Kier molecular flexibility index (Phi) is 5.13. The van der Waals surface area contributed by atoms with Crippen molar-refractivity contribution in [2.75, 3.05) is 14.1 Å². The molecule has 88 valence electrons. The van der Waals surface area contributed by atoms with Gasteiger partial charge in [-0.3, -0.25) is 9.63 Å². The summed E-state index contributed by atoms with van der Waals surface area (Å²) in [5.41, 5.74) is 0. The van der Waals surface area contributed by atoms with Crippen molar-refractivity contribution in [1.29, 1.82) is 0 Å². The van der Waals surface area contributed by atoms with Gasteiger partial charge in [0.2, 0.25) is 0 Å². The van der Waals surface area contributed by atoms with Crippen molar-refractivity contribution in [3.8, 4) is 0 Å². The van der Waals surface area contributed by atoms with Crippen molar-refractivity contribution in [1.82, 2.24) is 0 Å². The Morgan fingerprint density at radius 1 is 1.38 bits per heavy atom. The predicted molar refractivity (Wildman–Crippen MR) is 61.3 cm³/mol. The van der Waals surface area contributed by atoms with Gasteiger partial charge in [-0.25, -0.2) is 9.59 Å². The lowest BCUT2D eigenvalue weighted by atomic mass is 10.2. The number of thiocarbonyl (C=S) groups is 1. The number of Topliss-reactive ketones (excluding diaryl/α,β-unsaturated/α-hetero) is 1. The van der Waals surface area contributed by atoms with Gasteiger partial charge < -0.3 is 0 Å². The number of ketones is 1. The lowest BCUT2D eigenvalue weighted by Gasteiger charge is -2.22. The van der Waals surface area contributed by atoms with Gasteiger partial charge in [0.25, 0.3) is 0 Å². The van der Waals surface area contributed by atoms with Crippen LogP contribution in [0.25, 0.3) is 0 Å². The fourth-order valence-corrected chi connectivity index (χ4v) is 0.837. The number of carbonyl (C=O) groups is 3. The summed E-state index contributed by atoms with van der Waals surface area (Å²) < 4.78 is -0.667. The Morgan fingerprint density at radius 2 is 1.88 bits per heavy atom. The van der Waals surface area contributed by atoms with E-state index < -0.39 is 22.3 Å². The highest BCUT2D eigenvalue weighted by molar-refractivity contribution is 7.82. The predicted octanol–water partition coefficient (Wildman–Crippen LogP) is 0.583. The molecule has 0 bridgehead atoms. The second-order valence-corrected chi connectivity index (χ2v) is 4.13. The van der Waals surface area contributed by atoms with E-state index in [1.165, 1.54) is 21.0 Å². The number of nitrogens with zero attached hydrogens (tertiary/aromatic N) is 1. The summed E-state index contributed by atoms with van der Waals surface area (Å²) >= 11 is 4.64.